The number of rotatable bonds is 5. The first-order valence-electron chi connectivity index (χ1n) is 9.75. The van der Waals surface area contributed by atoms with E-state index < -0.39 is 0 Å². The molecule has 0 aliphatic heterocycles. The predicted molar refractivity (Wildman–Crippen MR) is 124 cm³/mol. The van der Waals surface area contributed by atoms with E-state index in [0.717, 1.165) is 27.3 Å². The van der Waals surface area contributed by atoms with Crippen LogP contribution in [0.15, 0.2) is 64.2 Å². The Hall–Kier alpha value is -3.49. The number of nitrogens with zero attached hydrogens (tertiary/aromatic N) is 4. The Morgan fingerprint density at radius 1 is 1.12 bits per heavy atom. The van der Waals surface area contributed by atoms with E-state index in [1.807, 2.05) is 43.3 Å². The van der Waals surface area contributed by atoms with Gasteiger partial charge in [-0.05, 0) is 54.4 Å². The minimum atomic E-state index is -0.108. The SMILES string of the molecule is COc1ccc(Cn2cnc3sc(-c4nc(-c5ccc(Cl)cc5)no4)c(C)c3c2=O)cc1. The monoisotopic (exact) mass is 464 g/mol. The number of hydrogen-bond donors (Lipinski definition) is 0. The second-order valence-electron chi connectivity index (χ2n) is 7.19. The summed E-state index contributed by atoms with van der Waals surface area (Å²) in [5.74, 6) is 1.58. The van der Waals surface area contributed by atoms with E-state index in [-0.39, 0.29) is 5.56 Å². The van der Waals surface area contributed by atoms with Crippen LogP contribution in [0.3, 0.4) is 0 Å². The molecule has 7 nitrogen and oxygen atoms in total. The minimum Gasteiger partial charge on any atom is -0.497 e. The van der Waals surface area contributed by atoms with E-state index in [1.165, 1.54) is 11.3 Å². The average molecular weight is 465 g/mol. The number of methoxy groups -OCH3 is 1. The molecular weight excluding hydrogens is 448 g/mol. The highest BCUT2D eigenvalue weighted by molar-refractivity contribution is 7.22. The summed E-state index contributed by atoms with van der Waals surface area (Å²) in [5.41, 5.74) is 2.44. The van der Waals surface area contributed by atoms with E-state index in [2.05, 4.69) is 15.1 Å². The molecular formula is C23H17ClN4O3S. The van der Waals surface area contributed by atoms with Crippen LogP contribution in [-0.2, 0) is 6.54 Å². The van der Waals surface area contributed by atoms with Crippen LogP contribution in [0.5, 0.6) is 5.75 Å². The van der Waals surface area contributed by atoms with Crippen molar-refractivity contribution in [1.82, 2.24) is 19.7 Å². The zero-order valence-electron chi connectivity index (χ0n) is 17.2. The van der Waals surface area contributed by atoms with Crippen LogP contribution in [0.25, 0.3) is 32.4 Å². The third-order valence-corrected chi connectivity index (χ3v) is 6.59. The first-order valence-corrected chi connectivity index (χ1v) is 10.9. The molecule has 160 valence electrons. The number of thiophene rings is 1. The summed E-state index contributed by atoms with van der Waals surface area (Å²) in [6, 6.07) is 14.8. The van der Waals surface area contributed by atoms with Crippen LogP contribution in [-0.4, -0.2) is 26.8 Å². The third-order valence-electron chi connectivity index (χ3n) is 5.15. The van der Waals surface area contributed by atoms with Crippen LogP contribution in [0, 0.1) is 6.92 Å². The van der Waals surface area contributed by atoms with Gasteiger partial charge in [0.05, 0.1) is 30.2 Å². The first-order chi connectivity index (χ1) is 15.5. The number of benzene rings is 2. The molecule has 0 fully saturated rings. The molecule has 3 heterocycles. The lowest BCUT2D eigenvalue weighted by Gasteiger charge is -2.06. The van der Waals surface area contributed by atoms with Gasteiger partial charge in [0.2, 0.25) is 5.82 Å². The average Bonchev–Trinajstić information content (AvgIpc) is 3.42. The number of fused-ring (bicyclic) bond motifs is 1. The zero-order chi connectivity index (χ0) is 22.2. The summed E-state index contributed by atoms with van der Waals surface area (Å²) in [4.78, 5) is 23.6. The topological polar surface area (TPSA) is 83.0 Å². The van der Waals surface area contributed by atoms with Crippen molar-refractivity contribution < 1.29 is 9.26 Å². The van der Waals surface area contributed by atoms with Crippen LogP contribution in [0.2, 0.25) is 5.02 Å². The van der Waals surface area contributed by atoms with Crippen molar-refractivity contribution >= 4 is 33.2 Å². The van der Waals surface area contributed by atoms with E-state index in [4.69, 9.17) is 20.9 Å². The summed E-state index contributed by atoms with van der Waals surface area (Å²) in [7, 11) is 1.62. The van der Waals surface area contributed by atoms with Crippen molar-refractivity contribution in [2.75, 3.05) is 7.11 Å². The van der Waals surface area contributed by atoms with Gasteiger partial charge < -0.3 is 9.26 Å². The molecule has 0 saturated heterocycles. The lowest BCUT2D eigenvalue weighted by Crippen LogP contribution is -2.21. The number of aryl methyl sites for hydroxylation is 1. The van der Waals surface area contributed by atoms with Gasteiger partial charge in [-0.25, -0.2) is 4.98 Å². The Morgan fingerprint density at radius 3 is 2.59 bits per heavy atom. The maximum Gasteiger partial charge on any atom is 0.268 e. The van der Waals surface area contributed by atoms with E-state index in [1.54, 1.807) is 30.1 Å². The Balaban J connectivity index is 1.51. The molecule has 0 atom stereocenters. The minimum absolute atomic E-state index is 0.108. The van der Waals surface area contributed by atoms with Crippen molar-refractivity contribution in [3.05, 3.63) is 81.4 Å². The van der Waals surface area contributed by atoms with Crippen molar-refractivity contribution in [1.29, 1.82) is 0 Å². The normalized spacial score (nSPS) is 11.2. The maximum absolute atomic E-state index is 13.2. The van der Waals surface area contributed by atoms with Gasteiger partial charge in [0, 0.05) is 10.6 Å². The fraction of sp³-hybridized carbons (Fsp3) is 0.130. The fourth-order valence-corrected chi connectivity index (χ4v) is 4.62. The molecule has 0 amide bonds. The molecule has 0 radical (unpaired) electrons. The molecule has 5 aromatic rings. The Kier molecular flexibility index (Phi) is 5.24. The van der Waals surface area contributed by atoms with Crippen molar-refractivity contribution in [3.8, 4) is 27.9 Å². The lowest BCUT2D eigenvalue weighted by atomic mass is 10.2. The quantitative estimate of drug-likeness (QED) is 0.356. The van der Waals surface area contributed by atoms with E-state index in [9.17, 15) is 4.79 Å². The molecule has 2 aromatic carbocycles. The summed E-state index contributed by atoms with van der Waals surface area (Å²) < 4.78 is 12.3. The Labute approximate surface area is 191 Å². The van der Waals surface area contributed by atoms with Crippen LogP contribution in [0.1, 0.15) is 11.1 Å². The molecule has 5 rings (SSSR count). The molecule has 0 spiro atoms. The van der Waals surface area contributed by atoms with Gasteiger partial charge in [0.25, 0.3) is 11.4 Å². The highest BCUT2D eigenvalue weighted by Crippen LogP contribution is 2.35. The number of hydrogen-bond acceptors (Lipinski definition) is 7. The van der Waals surface area contributed by atoms with Crippen LogP contribution >= 0.6 is 22.9 Å². The van der Waals surface area contributed by atoms with Gasteiger partial charge >= 0.3 is 0 Å². The molecule has 0 aliphatic rings. The Bertz CT molecular complexity index is 1470. The number of halogens is 1. The highest BCUT2D eigenvalue weighted by Gasteiger charge is 2.20. The smallest absolute Gasteiger partial charge is 0.268 e. The number of ether oxygens (including phenoxy) is 1. The van der Waals surface area contributed by atoms with Crippen molar-refractivity contribution in [2.45, 2.75) is 13.5 Å². The lowest BCUT2D eigenvalue weighted by molar-refractivity contribution is 0.414. The summed E-state index contributed by atoms with van der Waals surface area (Å²) in [5, 5.41) is 5.27. The molecule has 0 unspecified atom stereocenters. The van der Waals surface area contributed by atoms with Gasteiger partial charge in [0.1, 0.15) is 10.6 Å². The summed E-state index contributed by atoms with van der Waals surface area (Å²) in [6.45, 7) is 2.29. The predicted octanol–water partition coefficient (Wildman–Crippen LogP) is 5.19. The number of aromatic nitrogens is 4. The van der Waals surface area contributed by atoms with Crippen molar-refractivity contribution in [2.24, 2.45) is 0 Å². The van der Waals surface area contributed by atoms with Crippen LogP contribution in [0.4, 0.5) is 0 Å². The van der Waals surface area contributed by atoms with Crippen LogP contribution < -0.4 is 10.3 Å². The molecule has 0 bridgehead atoms. The summed E-state index contributed by atoms with van der Waals surface area (Å²) >= 11 is 7.32. The molecule has 0 aliphatic carbocycles. The van der Waals surface area contributed by atoms with E-state index in [0.29, 0.717) is 33.5 Å². The highest BCUT2D eigenvalue weighted by atomic mass is 35.5. The molecule has 0 saturated carbocycles. The van der Waals surface area contributed by atoms with Gasteiger partial charge in [-0.1, -0.05) is 28.9 Å². The standard InChI is InChI=1S/C23H17ClN4O3S/c1-13-18-22(25-12-28(23(18)29)11-14-3-9-17(30-2)10-4-14)32-19(13)21-26-20(27-31-21)15-5-7-16(24)8-6-15/h3-10,12H,11H2,1-2H3. The Morgan fingerprint density at radius 2 is 1.88 bits per heavy atom. The second kappa shape index (κ2) is 8.22. The van der Waals surface area contributed by atoms with Gasteiger partial charge in [-0.3, -0.25) is 9.36 Å². The third kappa shape index (κ3) is 3.68. The first kappa shape index (κ1) is 20.4. The van der Waals surface area contributed by atoms with Crippen molar-refractivity contribution in [3.63, 3.8) is 0 Å². The van der Waals surface area contributed by atoms with Gasteiger partial charge in [0.15, 0.2) is 0 Å². The van der Waals surface area contributed by atoms with Gasteiger partial charge in [-0.2, -0.15) is 4.98 Å². The molecule has 9 heteroatoms. The fourth-order valence-electron chi connectivity index (χ4n) is 3.44. The largest absolute Gasteiger partial charge is 0.497 e. The summed E-state index contributed by atoms with van der Waals surface area (Å²) in [6.07, 6.45) is 1.57. The zero-order valence-corrected chi connectivity index (χ0v) is 18.8. The molecule has 0 N–H and O–H groups in total. The molecule has 3 aromatic heterocycles. The maximum atomic E-state index is 13.2. The molecule has 32 heavy (non-hydrogen) atoms. The van der Waals surface area contributed by atoms with Gasteiger partial charge in [-0.15, -0.1) is 11.3 Å². The van der Waals surface area contributed by atoms with E-state index >= 15 is 0 Å². The second-order valence-corrected chi connectivity index (χ2v) is 8.63.